The fourth-order valence-corrected chi connectivity index (χ4v) is 4.08. The number of aliphatic hydroxyl groups excluding tert-OH is 4. The van der Waals surface area contributed by atoms with Crippen molar-refractivity contribution in [1.82, 2.24) is 0 Å². The van der Waals surface area contributed by atoms with Gasteiger partial charge in [-0.25, -0.2) is 0 Å². The van der Waals surface area contributed by atoms with Crippen LogP contribution in [-0.2, 0) is 39.7 Å². The average Bonchev–Trinajstić information content (AvgIpc) is 2.87. The number of phenolic OH excluding ortho intramolecular Hbond substituents is 2. The maximum Gasteiger partial charge on any atom is 0.307 e. The van der Waals surface area contributed by atoms with Crippen LogP contribution >= 0.6 is 0 Å². The lowest BCUT2D eigenvalue weighted by Gasteiger charge is -2.41. The Morgan fingerprint density at radius 2 is 1.82 bits per heavy atom. The summed E-state index contributed by atoms with van der Waals surface area (Å²) in [6.07, 6.45) is -6.27. The van der Waals surface area contributed by atoms with Gasteiger partial charge in [0.2, 0.25) is 6.29 Å². The van der Waals surface area contributed by atoms with Gasteiger partial charge in [-0.05, 0) is 24.6 Å². The van der Waals surface area contributed by atoms with Gasteiger partial charge in [-0.2, -0.15) is 0 Å². The molecule has 0 aliphatic carbocycles. The average molecular weight is 541 g/mol. The minimum Gasteiger partial charge on any atom is -0.504 e. The molecule has 0 radical (unpaired) electrons. The lowest BCUT2D eigenvalue weighted by Crippen LogP contribution is -2.60. The molecule has 0 saturated carbocycles. The van der Waals surface area contributed by atoms with Crippen molar-refractivity contribution in [3.63, 3.8) is 0 Å². The molecule has 2 aliphatic rings. The Kier molecular flexibility index (Phi) is 10.1. The van der Waals surface area contributed by atoms with Gasteiger partial charge in [0.25, 0.3) is 0 Å². The van der Waals surface area contributed by atoms with Crippen molar-refractivity contribution in [2.75, 3.05) is 13.2 Å². The maximum atomic E-state index is 12.7. The number of carbonyl (C=O) groups excluding carboxylic acids is 2. The number of hydrogen-bond donors (Lipinski definition) is 6. The molecular weight excluding hydrogens is 508 g/mol. The van der Waals surface area contributed by atoms with E-state index in [0.717, 1.165) is 6.26 Å². The number of ether oxygens (including phenoxy) is 5. The van der Waals surface area contributed by atoms with Gasteiger partial charge in [0.1, 0.15) is 36.4 Å². The third-order valence-electron chi connectivity index (χ3n) is 6.09. The highest BCUT2D eigenvalue weighted by Gasteiger charge is 2.46. The minimum atomic E-state index is -1.68. The maximum absolute atomic E-state index is 12.7. The van der Waals surface area contributed by atoms with Crippen LogP contribution in [0.1, 0.15) is 25.8 Å². The summed E-state index contributed by atoms with van der Waals surface area (Å²) in [5.41, 5.74) is 0.947. The summed E-state index contributed by atoms with van der Waals surface area (Å²) in [5, 5.41) is 58.7. The van der Waals surface area contributed by atoms with Crippen LogP contribution in [-0.4, -0.2) is 92.8 Å². The second kappa shape index (κ2) is 13.0. The van der Waals surface area contributed by atoms with Crippen molar-refractivity contribution >= 4 is 11.9 Å². The number of rotatable bonds is 9. The highest BCUT2D eigenvalue weighted by atomic mass is 16.8. The van der Waals surface area contributed by atoms with Gasteiger partial charge >= 0.3 is 11.9 Å². The number of hydrogen-bond acceptors (Lipinski definition) is 13. The third-order valence-corrected chi connectivity index (χ3v) is 6.09. The first-order valence-corrected chi connectivity index (χ1v) is 11.9. The van der Waals surface area contributed by atoms with Crippen molar-refractivity contribution in [3.8, 4) is 11.5 Å². The van der Waals surface area contributed by atoms with E-state index in [1.54, 1.807) is 19.1 Å². The molecule has 1 saturated heterocycles. The van der Waals surface area contributed by atoms with Crippen LogP contribution in [0.4, 0.5) is 0 Å². The van der Waals surface area contributed by atoms with Gasteiger partial charge in [-0.1, -0.05) is 12.1 Å². The highest BCUT2D eigenvalue weighted by molar-refractivity contribution is 5.72. The predicted octanol–water partition coefficient (Wildman–Crippen LogP) is -0.287. The van der Waals surface area contributed by atoms with Gasteiger partial charge < -0.3 is 54.3 Å². The lowest BCUT2D eigenvalue weighted by molar-refractivity contribution is -0.328. The minimum absolute atomic E-state index is 0.0136. The molecule has 1 aromatic carbocycles. The summed E-state index contributed by atoms with van der Waals surface area (Å²) in [5.74, 6) is -2.72. The molecule has 0 bridgehead atoms. The van der Waals surface area contributed by atoms with Crippen LogP contribution in [0.25, 0.3) is 0 Å². The Balaban J connectivity index is 1.70. The molecule has 2 unspecified atom stereocenters. The SMILES string of the molecule is C/C=C1/C(O[C@@H]2O[C@H](CO)[C@@H](O)[C@H](O)[C@H]2O)OC=C(OC(C)=O)C1CC(=O)OCCc1ccc(O)c(O)c1. The van der Waals surface area contributed by atoms with Crippen molar-refractivity contribution in [2.45, 2.75) is 63.7 Å². The van der Waals surface area contributed by atoms with Crippen LogP contribution in [0.15, 0.2) is 41.9 Å². The first kappa shape index (κ1) is 29.4. The number of aromatic hydroxyl groups is 2. The van der Waals surface area contributed by atoms with Crippen molar-refractivity contribution in [2.24, 2.45) is 5.92 Å². The zero-order chi connectivity index (χ0) is 28.0. The quantitative estimate of drug-likeness (QED) is 0.136. The number of aliphatic hydroxyl groups is 4. The third kappa shape index (κ3) is 7.01. The molecule has 7 atom stereocenters. The lowest BCUT2D eigenvalue weighted by atomic mass is 9.91. The summed E-state index contributed by atoms with van der Waals surface area (Å²) < 4.78 is 27.1. The van der Waals surface area contributed by atoms with Crippen molar-refractivity contribution in [1.29, 1.82) is 0 Å². The van der Waals surface area contributed by atoms with Crippen molar-refractivity contribution < 1.29 is 63.9 Å². The fourth-order valence-electron chi connectivity index (χ4n) is 4.08. The van der Waals surface area contributed by atoms with E-state index in [0.29, 0.717) is 11.1 Å². The van der Waals surface area contributed by atoms with E-state index >= 15 is 0 Å². The second-order valence-electron chi connectivity index (χ2n) is 8.75. The van der Waals surface area contributed by atoms with Gasteiger partial charge in [-0.15, -0.1) is 0 Å². The Hall–Kier alpha value is -3.20. The molecule has 2 aliphatic heterocycles. The Labute approximate surface area is 218 Å². The molecule has 13 nitrogen and oxygen atoms in total. The summed E-state index contributed by atoms with van der Waals surface area (Å²) in [7, 11) is 0. The summed E-state index contributed by atoms with van der Waals surface area (Å²) in [4.78, 5) is 24.3. The molecule has 1 aromatic rings. The molecule has 6 N–H and O–H groups in total. The number of phenols is 2. The van der Waals surface area contributed by atoms with Crippen molar-refractivity contribution in [3.05, 3.63) is 47.4 Å². The largest absolute Gasteiger partial charge is 0.504 e. The Bertz CT molecular complexity index is 1050. The normalized spacial score (nSPS) is 30.3. The van der Waals surface area contributed by atoms with E-state index in [-0.39, 0.29) is 36.7 Å². The number of benzene rings is 1. The number of allylic oxidation sites excluding steroid dienone is 2. The smallest absolute Gasteiger partial charge is 0.307 e. The number of carbonyl (C=O) groups is 2. The van der Waals surface area contributed by atoms with Crippen LogP contribution in [0.5, 0.6) is 11.5 Å². The highest BCUT2D eigenvalue weighted by Crippen LogP contribution is 2.36. The van der Waals surface area contributed by atoms with E-state index in [4.69, 9.17) is 23.7 Å². The first-order chi connectivity index (χ1) is 18.0. The van der Waals surface area contributed by atoms with Crippen LogP contribution < -0.4 is 0 Å². The first-order valence-electron chi connectivity index (χ1n) is 11.9. The second-order valence-corrected chi connectivity index (χ2v) is 8.75. The Morgan fingerprint density at radius 3 is 2.45 bits per heavy atom. The molecular formula is C25H32O13. The molecule has 0 spiro atoms. The monoisotopic (exact) mass is 540 g/mol. The zero-order valence-corrected chi connectivity index (χ0v) is 20.8. The van der Waals surface area contributed by atoms with Gasteiger partial charge in [-0.3, -0.25) is 9.59 Å². The molecule has 0 amide bonds. The fraction of sp³-hybridized carbons (Fsp3) is 0.520. The van der Waals surface area contributed by atoms with Gasteiger partial charge in [0.15, 0.2) is 17.8 Å². The van der Waals surface area contributed by atoms with Gasteiger partial charge in [0, 0.05) is 18.9 Å². The predicted molar refractivity (Wildman–Crippen MR) is 126 cm³/mol. The van der Waals surface area contributed by atoms with E-state index in [2.05, 4.69) is 0 Å². The van der Waals surface area contributed by atoms with E-state index in [1.165, 1.54) is 19.1 Å². The molecule has 210 valence electrons. The van der Waals surface area contributed by atoms with E-state index in [1.807, 2.05) is 0 Å². The molecule has 13 heteroatoms. The molecule has 38 heavy (non-hydrogen) atoms. The molecule has 2 heterocycles. The summed E-state index contributed by atoms with van der Waals surface area (Å²) in [6.45, 7) is 2.11. The standard InChI is InChI=1S/C25H32O13/c1-3-14-15(9-20(30)34-7-6-13-4-5-16(28)17(29)8-13)19(36-12(2)27)11-35-24(14)38-25-23(33)22(32)21(31)18(10-26)37-25/h3-5,8,11,15,18,21-26,28-29,31-33H,6-7,9-10H2,1-2H3/b14-3+/t15?,18-,21-,22+,23-,24?,25+/m1/s1. The molecule has 0 aromatic heterocycles. The van der Waals surface area contributed by atoms with Crippen LogP contribution in [0.2, 0.25) is 0 Å². The van der Waals surface area contributed by atoms with E-state index < -0.39 is 61.5 Å². The molecule has 1 fully saturated rings. The van der Waals surface area contributed by atoms with E-state index in [9.17, 15) is 40.2 Å². The summed E-state index contributed by atoms with van der Waals surface area (Å²) in [6, 6.07) is 4.24. The number of esters is 2. The van der Waals surface area contributed by atoms with Crippen LogP contribution in [0.3, 0.4) is 0 Å². The summed E-state index contributed by atoms with van der Waals surface area (Å²) >= 11 is 0. The van der Waals surface area contributed by atoms with Gasteiger partial charge in [0.05, 0.1) is 25.6 Å². The zero-order valence-electron chi connectivity index (χ0n) is 20.8. The van der Waals surface area contributed by atoms with Crippen LogP contribution in [0, 0.1) is 5.92 Å². The molecule has 3 rings (SSSR count). The Morgan fingerprint density at radius 1 is 1.08 bits per heavy atom. The topological polar surface area (TPSA) is 202 Å².